The number of nitrogens with one attached hydrogen (secondary N) is 1. The van der Waals surface area contributed by atoms with Crippen molar-refractivity contribution in [3.05, 3.63) is 28.2 Å². The van der Waals surface area contributed by atoms with Gasteiger partial charge in [0.2, 0.25) is 0 Å². The average Bonchev–Trinajstić information content (AvgIpc) is 2.36. The molecule has 0 saturated carbocycles. The number of hydrogen-bond acceptors (Lipinski definition) is 2. The highest BCUT2D eigenvalue weighted by atomic mass is 79.9. The van der Waals surface area contributed by atoms with E-state index in [9.17, 15) is 0 Å². The molecular weight excluding hydrogens is 294 g/mol. The summed E-state index contributed by atoms with van der Waals surface area (Å²) in [6.45, 7) is 3.58. The molecule has 0 aliphatic heterocycles. The second-order valence-corrected chi connectivity index (χ2v) is 4.73. The molecule has 0 unspecified atom stereocenters. The summed E-state index contributed by atoms with van der Waals surface area (Å²) in [6.07, 6.45) is 1.84. The van der Waals surface area contributed by atoms with Gasteiger partial charge in [-0.3, -0.25) is 4.99 Å². The van der Waals surface area contributed by atoms with E-state index in [1.54, 1.807) is 7.11 Å². The Morgan fingerprint density at radius 3 is 2.94 bits per heavy atom. The van der Waals surface area contributed by atoms with Gasteiger partial charge in [0.1, 0.15) is 5.75 Å². The average molecular weight is 314 g/mol. The van der Waals surface area contributed by atoms with Crippen LogP contribution in [-0.2, 0) is 6.42 Å². The van der Waals surface area contributed by atoms with Gasteiger partial charge >= 0.3 is 0 Å². The van der Waals surface area contributed by atoms with Crippen molar-refractivity contribution in [2.45, 2.75) is 19.8 Å². The molecule has 0 saturated heterocycles. The van der Waals surface area contributed by atoms with E-state index in [4.69, 9.17) is 10.5 Å². The SMILES string of the molecule is CCCN=C(N)NCCc1cccc(Br)c1OC. The van der Waals surface area contributed by atoms with Crippen molar-refractivity contribution in [2.24, 2.45) is 10.7 Å². The van der Waals surface area contributed by atoms with Crippen LogP contribution < -0.4 is 15.8 Å². The monoisotopic (exact) mass is 313 g/mol. The number of aliphatic imine (C=N–C) groups is 1. The van der Waals surface area contributed by atoms with Gasteiger partial charge in [0, 0.05) is 13.1 Å². The fraction of sp³-hybridized carbons (Fsp3) is 0.462. The zero-order chi connectivity index (χ0) is 13.4. The first kappa shape index (κ1) is 14.8. The summed E-state index contributed by atoms with van der Waals surface area (Å²) in [5, 5.41) is 3.09. The second-order valence-electron chi connectivity index (χ2n) is 3.88. The maximum absolute atomic E-state index is 5.72. The Bertz CT molecular complexity index is 407. The number of halogens is 1. The van der Waals surface area contributed by atoms with Gasteiger partial charge < -0.3 is 15.8 Å². The molecule has 1 aromatic carbocycles. The highest BCUT2D eigenvalue weighted by Crippen LogP contribution is 2.28. The molecule has 0 spiro atoms. The van der Waals surface area contributed by atoms with Crippen LogP contribution in [0.15, 0.2) is 27.7 Å². The molecule has 0 fully saturated rings. The Hall–Kier alpha value is -1.23. The van der Waals surface area contributed by atoms with Gasteiger partial charge in [0.05, 0.1) is 11.6 Å². The molecule has 0 amide bonds. The number of rotatable bonds is 6. The number of guanidine groups is 1. The van der Waals surface area contributed by atoms with Crippen LogP contribution in [0, 0.1) is 0 Å². The predicted octanol–water partition coefficient (Wildman–Crippen LogP) is 2.31. The van der Waals surface area contributed by atoms with Crippen LogP contribution in [0.1, 0.15) is 18.9 Å². The van der Waals surface area contributed by atoms with E-state index in [0.29, 0.717) is 5.96 Å². The summed E-state index contributed by atoms with van der Waals surface area (Å²) in [5.41, 5.74) is 6.86. The van der Waals surface area contributed by atoms with Gasteiger partial charge in [0.15, 0.2) is 5.96 Å². The molecule has 0 heterocycles. The molecule has 3 N–H and O–H groups in total. The summed E-state index contributed by atoms with van der Waals surface area (Å²) in [5.74, 6) is 1.38. The summed E-state index contributed by atoms with van der Waals surface area (Å²) in [4.78, 5) is 4.18. The number of ether oxygens (including phenoxy) is 1. The summed E-state index contributed by atoms with van der Waals surface area (Å²) >= 11 is 3.47. The molecule has 0 aliphatic rings. The Kier molecular flexibility index (Phi) is 6.57. The Balaban J connectivity index is 2.51. The Morgan fingerprint density at radius 2 is 2.28 bits per heavy atom. The minimum Gasteiger partial charge on any atom is -0.495 e. The van der Waals surface area contributed by atoms with Crippen molar-refractivity contribution >= 4 is 21.9 Å². The Labute approximate surface area is 117 Å². The van der Waals surface area contributed by atoms with Crippen LogP contribution in [0.4, 0.5) is 0 Å². The first-order valence-electron chi connectivity index (χ1n) is 6.04. The first-order chi connectivity index (χ1) is 8.69. The molecular formula is C13H20BrN3O. The van der Waals surface area contributed by atoms with Crippen LogP contribution in [-0.4, -0.2) is 26.2 Å². The largest absolute Gasteiger partial charge is 0.495 e. The number of nitrogens with zero attached hydrogens (tertiary/aromatic N) is 1. The van der Waals surface area contributed by atoms with Crippen LogP contribution in [0.5, 0.6) is 5.75 Å². The zero-order valence-electron chi connectivity index (χ0n) is 10.9. The normalized spacial score (nSPS) is 11.4. The fourth-order valence-corrected chi connectivity index (χ4v) is 2.16. The quantitative estimate of drug-likeness (QED) is 0.626. The van der Waals surface area contributed by atoms with E-state index in [0.717, 1.165) is 41.7 Å². The van der Waals surface area contributed by atoms with E-state index in [-0.39, 0.29) is 0 Å². The van der Waals surface area contributed by atoms with E-state index in [2.05, 4.69) is 33.2 Å². The predicted molar refractivity (Wildman–Crippen MR) is 79.2 cm³/mol. The van der Waals surface area contributed by atoms with Gasteiger partial charge in [-0.2, -0.15) is 0 Å². The van der Waals surface area contributed by atoms with Crippen molar-refractivity contribution in [1.29, 1.82) is 0 Å². The zero-order valence-corrected chi connectivity index (χ0v) is 12.5. The van der Waals surface area contributed by atoms with Crippen LogP contribution in [0.3, 0.4) is 0 Å². The number of methoxy groups -OCH3 is 1. The molecule has 0 aliphatic carbocycles. The van der Waals surface area contributed by atoms with Crippen molar-refractivity contribution in [2.75, 3.05) is 20.2 Å². The van der Waals surface area contributed by atoms with E-state index in [1.807, 2.05) is 18.2 Å². The van der Waals surface area contributed by atoms with Crippen molar-refractivity contribution in [3.8, 4) is 5.75 Å². The van der Waals surface area contributed by atoms with Crippen molar-refractivity contribution < 1.29 is 4.74 Å². The third-order valence-electron chi connectivity index (χ3n) is 2.46. The van der Waals surface area contributed by atoms with E-state index >= 15 is 0 Å². The number of benzene rings is 1. The standard InChI is InChI=1S/C13H20BrN3O/c1-3-8-16-13(15)17-9-7-10-5-4-6-11(14)12(10)18-2/h4-6H,3,7-9H2,1-2H3,(H3,15,16,17). The minimum absolute atomic E-state index is 0.505. The lowest BCUT2D eigenvalue weighted by Crippen LogP contribution is -2.33. The third-order valence-corrected chi connectivity index (χ3v) is 3.08. The van der Waals surface area contributed by atoms with Crippen LogP contribution >= 0.6 is 15.9 Å². The second kappa shape index (κ2) is 7.97. The molecule has 4 nitrogen and oxygen atoms in total. The summed E-state index contributed by atoms with van der Waals surface area (Å²) in [7, 11) is 1.67. The number of nitrogens with two attached hydrogens (primary N) is 1. The lowest BCUT2D eigenvalue weighted by Gasteiger charge is -2.11. The fourth-order valence-electron chi connectivity index (χ4n) is 1.59. The first-order valence-corrected chi connectivity index (χ1v) is 6.83. The Morgan fingerprint density at radius 1 is 1.50 bits per heavy atom. The molecule has 0 bridgehead atoms. The summed E-state index contributed by atoms with van der Waals surface area (Å²) in [6, 6.07) is 6.01. The molecule has 0 radical (unpaired) electrons. The maximum atomic E-state index is 5.72. The molecule has 0 aromatic heterocycles. The molecule has 0 atom stereocenters. The molecule has 1 aromatic rings. The lowest BCUT2D eigenvalue weighted by atomic mass is 10.1. The molecule has 18 heavy (non-hydrogen) atoms. The number of hydrogen-bond donors (Lipinski definition) is 2. The molecule has 1 rings (SSSR count). The van der Waals surface area contributed by atoms with Crippen molar-refractivity contribution in [1.82, 2.24) is 5.32 Å². The molecule has 100 valence electrons. The van der Waals surface area contributed by atoms with Gasteiger partial charge in [0.25, 0.3) is 0 Å². The van der Waals surface area contributed by atoms with Crippen LogP contribution in [0.25, 0.3) is 0 Å². The minimum atomic E-state index is 0.505. The lowest BCUT2D eigenvalue weighted by molar-refractivity contribution is 0.407. The van der Waals surface area contributed by atoms with Crippen molar-refractivity contribution in [3.63, 3.8) is 0 Å². The van der Waals surface area contributed by atoms with Crippen LogP contribution in [0.2, 0.25) is 0 Å². The van der Waals surface area contributed by atoms with E-state index in [1.165, 1.54) is 0 Å². The van der Waals surface area contributed by atoms with Gasteiger partial charge in [-0.25, -0.2) is 0 Å². The van der Waals surface area contributed by atoms with Gasteiger partial charge in [-0.05, 0) is 40.4 Å². The smallest absolute Gasteiger partial charge is 0.188 e. The highest BCUT2D eigenvalue weighted by molar-refractivity contribution is 9.10. The van der Waals surface area contributed by atoms with Gasteiger partial charge in [-0.15, -0.1) is 0 Å². The molecule has 5 heteroatoms. The third kappa shape index (κ3) is 4.56. The maximum Gasteiger partial charge on any atom is 0.188 e. The van der Waals surface area contributed by atoms with E-state index < -0.39 is 0 Å². The number of para-hydroxylation sites is 1. The topological polar surface area (TPSA) is 59.6 Å². The highest BCUT2D eigenvalue weighted by Gasteiger charge is 2.06. The van der Waals surface area contributed by atoms with Gasteiger partial charge in [-0.1, -0.05) is 19.1 Å². The summed E-state index contributed by atoms with van der Waals surface area (Å²) < 4.78 is 6.33.